The average Bonchev–Trinajstić information content (AvgIpc) is 2.25. The summed E-state index contributed by atoms with van der Waals surface area (Å²) < 4.78 is 0. The third kappa shape index (κ3) is 2.97. The fourth-order valence-corrected chi connectivity index (χ4v) is 1.34. The van der Waals surface area contributed by atoms with E-state index in [2.05, 4.69) is 11.4 Å². The van der Waals surface area contributed by atoms with Crippen molar-refractivity contribution in [1.29, 1.82) is 5.26 Å². The summed E-state index contributed by atoms with van der Waals surface area (Å²) in [4.78, 5) is 0. The van der Waals surface area contributed by atoms with Crippen LogP contribution in [0.4, 0.5) is 5.69 Å². The lowest BCUT2D eigenvalue weighted by Gasteiger charge is -2.12. The Hall–Kier alpha value is -1.53. The molecule has 0 aliphatic rings. The van der Waals surface area contributed by atoms with Crippen LogP contribution in [-0.2, 0) is 0 Å². The van der Waals surface area contributed by atoms with Gasteiger partial charge in [-0.15, -0.1) is 0 Å². The van der Waals surface area contributed by atoms with E-state index in [1.807, 2.05) is 32.0 Å². The van der Waals surface area contributed by atoms with Crippen LogP contribution in [0.1, 0.15) is 24.5 Å². The van der Waals surface area contributed by atoms with E-state index in [1.165, 1.54) is 0 Å². The van der Waals surface area contributed by atoms with E-state index in [4.69, 9.17) is 5.26 Å². The molecule has 80 valence electrons. The second kappa shape index (κ2) is 5.38. The summed E-state index contributed by atoms with van der Waals surface area (Å²) in [7, 11) is 0. The highest BCUT2D eigenvalue weighted by atomic mass is 16.3. The van der Waals surface area contributed by atoms with E-state index in [-0.39, 0.29) is 6.10 Å². The number of rotatable bonds is 4. The number of aliphatic hydroxyl groups excluding tert-OH is 1. The summed E-state index contributed by atoms with van der Waals surface area (Å²) in [5.74, 6) is 0. The van der Waals surface area contributed by atoms with Gasteiger partial charge in [-0.3, -0.25) is 0 Å². The summed E-state index contributed by atoms with van der Waals surface area (Å²) in [6.07, 6.45) is 0.345. The third-order valence-electron chi connectivity index (χ3n) is 2.38. The topological polar surface area (TPSA) is 56.0 Å². The maximum absolute atomic E-state index is 9.41. The van der Waals surface area contributed by atoms with Crippen LogP contribution in [0.2, 0.25) is 0 Å². The quantitative estimate of drug-likeness (QED) is 0.789. The molecule has 1 unspecified atom stereocenters. The Balaban J connectivity index is 2.77. The molecule has 15 heavy (non-hydrogen) atoms. The van der Waals surface area contributed by atoms with Crippen molar-refractivity contribution in [3.05, 3.63) is 29.3 Å². The standard InChI is InChI=1S/C12H16N2O/c1-3-10(15)8-14-12-6-4-5-9(2)11(12)7-13/h4-6,10,14-15H,3,8H2,1-2H3. The molecule has 0 spiro atoms. The highest BCUT2D eigenvalue weighted by Crippen LogP contribution is 2.18. The van der Waals surface area contributed by atoms with Crippen LogP contribution < -0.4 is 5.32 Å². The molecule has 3 heteroatoms. The number of anilines is 1. The number of nitrogens with one attached hydrogen (secondary N) is 1. The molecule has 0 saturated carbocycles. The van der Waals surface area contributed by atoms with Crippen molar-refractivity contribution >= 4 is 5.69 Å². The van der Waals surface area contributed by atoms with Gasteiger partial charge in [0, 0.05) is 6.54 Å². The smallest absolute Gasteiger partial charge is 0.102 e. The van der Waals surface area contributed by atoms with Crippen LogP contribution in [0.15, 0.2) is 18.2 Å². The number of aliphatic hydroxyl groups is 1. The maximum Gasteiger partial charge on any atom is 0.102 e. The molecule has 0 radical (unpaired) electrons. The van der Waals surface area contributed by atoms with Crippen molar-refractivity contribution < 1.29 is 5.11 Å². The molecule has 0 aliphatic heterocycles. The first-order valence-electron chi connectivity index (χ1n) is 5.10. The SMILES string of the molecule is CCC(O)CNc1cccc(C)c1C#N. The fraction of sp³-hybridized carbons (Fsp3) is 0.417. The van der Waals surface area contributed by atoms with Crippen molar-refractivity contribution in [2.45, 2.75) is 26.4 Å². The minimum atomic E-state index is -0.364. The number of aryl methyl sites for hydroxylation is 1. The predicted octanol–water partition coefficient (Wildman–Crippen LogP) is 2.05. The van der Waals surface area contributed by atoms with Gasteiger partial charge in [0.25, 0.3) is 0 Å². The number of nitrogens with zero attached hydrogens (tertiary/aromatic N) is 1. The zero-order chi connectivity index (χ0) is 11.3. The van der Waals surface area contributed by atoms with E-state index < -0.39 is 0 Å². The number of benzene rings is 1. The molecular weight excluding hydrogens is 188 g/mol. The first-order chi connectivity index (χ1) is 7.19. The van der Waals surface area contributed by atoms with E-state index in [0.717, 1.165) is 11.3 Å². The lowest BCUT2D eigenvalue weighted by Crippen LogP contribution is -2.18. The highest BCUT2D eigenvalue weighted by molar-refractivity contribution is 5.60. The molecule has 2 N–H and O–H groups in total. The van der Waals surface area contributed by atoms with Crippen molar-refractivity contribution in [3.8, 4) is 6.07 Å². The maximum atomic E-state index is 9.41. The van der Waals surface area contributed by atoms with Gasteiger partial charge in [-0.05, 0) is 25.0 Å². The van der Waals surface area contributed by atoms with Crippen molar-refractivity contribution in [1.82, 2.24) is 0 Å². The van der Waals surface area contributed by atoms with E-state index in [9.17, 15) is 5.11 Å². The Kier molecular flexibility index (Phi) is 4.14. The molecule has 0 fully saturated rings. The fourth-order valence-electron chi connectivity index (χ4n) is 1.34. The molecule has 0 saturated heterocycles. The van der Waals surface area contributed by atoms with Gasteiger partial charge < -0.3 is 10.4 Å². The Morgan fingerprint density at radius 3 is 2.87 bits per heavy atom. The van der Waals surface area contributed by atoms with Crippen LogP contribution >= 0.6 is 0 Å². The summed E-state index contributed by atoms with van der Waals surface area (Å²) in [5, 5.41) is 21.5. The van der Waals surface area contributed by atoms with E-state index >= 15 is 0 Å². The zero-order valence-electron chi connectivity index (χ0n) is 9.12. The van der Waals surface area contributed by atoms with Crippen LogP contribution in [0.5, 0.6) is 0 Å². The highest BCUT2D eigenvalue weighted by Gasteiger charge is 2.05. The first-order valence-corrected chi connectivity index (χ1v) is 5.10. The Morgan fingerprint density at radius 1 is 1.53 bits per heavy atom. The summed E-state index contributed by atoms with van der Waals surface area (Å²) in [5.41, 5.74) is 2.40. The Labute approximate surface area is 90.4 Å². The molecular formula is C12H16N2O. The predicted molar refractivity (Wildman–Crippen MR) is 60.7 cm³/mol. The van der Waals surface area contributed by atoms with Crippen LogP contribution in [-0.4, -0.2) is 17.8 Å². The minimum Gasteiger partial charge on any atom is -0.391 e. The van der Waals surface area contributed by atoms with Crippen LogP contribution in [0, 0.1) is 18.3 Å². The molecule has 0 heterocycles. The summed E-state index contributed by atoms with van der Waals surface area (Å²) in [6.45, 7) is 4.31. The van der Waals surface area contributed by atoms with Crippen LogP contribution in [0.3, 0.4) is 0 Å². The second-order valence-corrected chi connectivity index (χ2v) is 3.55. The van der Waals surface area contributed by atoms with Gasteiger partial charge in [0.15, 0.2) is 0 Å². The number of hydrogen-bond donors (Lipinski definition) is 2. The Morgan fingerprint density at radius 2 is 2.27 bits per heavy atom. The van der Waals surface area contributed by atoms with Gasteiger partial charge in [-0.2, -0.15) is 5.26 Å². The Bertz CT molecular complexity index is 368. The average molecular weight is 204 g/mol. The van der Waals surface area contributed by atoms with E-state index in [1.54, 1.807) is 0 Å². The monoisotopic (exact) mass is 204 g/mol. The lowest BCUT2D eigenvalue weighted by atomic mass is 10.1. The summed E-state index contributed by atoms with van der Waals surface area (Å²) >= 11 is 0. The van der Waals surface area contributed by atoms with Gasteiger partial charge in [0.1, 0.15) is 6.07 Å². The molecule has 0 bridgehead atoms. The summed E-state index contributed by atoms with van der Waals surface area (Å²) in [6, 6.07) is 7.82. The van der Waals surface area contributed by atoms with Crippen LogP contribution in [0.25, 0.3) is 0 Å². The van der Waals surface area contributed by atoms with Gasteiger partial charge in [-0.25, -0.2) is 0 Å². The van der Waals surface area contributed by atoms with Gasteiger partial charge in [0.2, 0.25) is 0 Å². The zero-order valence-corrected chi connectivity index (χ0v) is 9.12. The first kappa shape index (κ1) is 11.5. The molecule has 0 aromatic heterocycles. The number of hydrogen-bond acceptors (Lipinski definition) is 3. The van der Waals surface area contributed by atoms with Crippen molar-refractivity contribution in [3.63, 3.8) is 0 Å². The molecule has 0 amide bonds. The minimum absolute atomic E-state index is 0.364. The van der Waals surface area contributed by atoms with Gasteiger partial charge in [-0.1, -0.05) is 19.1 Å². The van der Waals surface area contributed by atoms with Gasteiger partial charge >= 0.3 is 0 Å². The molecule has 3 nitrogen and oxygen atoms in total. The molecule has 1 aromatic carbocycles. The largest absolute Gasteiger partial charge is 0.391 e. The third-order valence-corrected chi connectivity index (χ3v) is 2.38. The number of nitriles is 1. The molecule has 0 aliphatic carbocycles. The second-order valence-electron chi connectivity index (χ2n) is 3.55. The lowest BCUT2D eigenvalue weighted by molar-refractivity contribution is 0.183. The normalized spacial score (nSPS) is 11.9. The van der Waals surface area contributed by atoms with Crippen molar-refractivity contribution in [2.75, 3.05) is 11.9 Å². The molecule has 1 atom stereocenters. The van der Waals surface area contributed by atoms with Gasteiger partial charge in [0.05, 0.1) is 17.4 Å². The molecule has 1 aromatic rings. The molecule has 1 rings (SSSR count). The van der Waals surface area contributed by atoms with E-state index in [0.29, 0.717) is 18.5 Å². The van der Waals surface area contributed by atoms with Crippen molar-refractivity contribution in [2.24, 2.45) is 0 Å².